The highest BCUT2D eigenvalue weighted by molar-refractivity contribution is 7.89. The van der Waals surface area contributed by atoms with E-state index in [1.54, 1.807) is 42.5 Å². The monoisotopic (exact) mass is 446 g/mol. The predicted molar refractivity (Wildman–Crippen MR) is 115 cm³/mol. The Morgan fingerprint density at radius 2 is 1.71 bits per heavy atom. The number of carbonyl (C=O) groups is 1. The molecule has 31 heavy (non-hydrogen) atoms. The summed E-state index contributed by atoms with van der Waals surface area (Å²) in [5, 5.41) is 2.86. The molecular weight excluding hydrogens is 420 g/mol. The number of nitrogens with one attached hydrogen (secondary N) is 1. The molecule has 1 amide bonds. The highest BCUT2D eigenvalue weighted by Gasteiger charge is 2.31. The number of rotatable bonds is 6. The molecule has 2 aromatic rings. The van der Waals surface area contributed by atoms with Crippen LogP contribution in [-0.4, -0.2) is 50.7 Å². The van der Waals surface area contributed by atoms with E-state index < -0.39 is 15.8 Å². The smallest absolute Gasteiger partial charge is 0.246 e. The normalized spacial score (nSPS) is 18.0. The summed E-state index contributed by atoms with van der Waals surface area (Å²) in [7, 11) is -3.51. The van der Waals surface area contributed by atoms with Gasteiger partial charge in [0, 0.05) is 45.1 Å². The van der Waals surface area contributed by atoms with Gasteiger partial charge < -0.3 is 19.5 Å². The minimum atomic E-state index is -3.51. The van der Waals surface area contributed by atoms with Crippen molar-refractivity contribution in [3.8, 4) is 11.5 Å². The fourth-order valence-corrected chi connectivity index (χ4v) is 4.95. The first-order valence-corrected chi connectivity index (χ1v) is 11.7. The summed E-state index contributed by atoms with van der Waals surface area (Å²) in [6.07, 6.45) is 0.775. The first kappa shape index (κ1) is 21.6. The van der Waals surface area contributed by atoms with Crippen molar-refractivity contribution in [1.29, 1.82) is 0 Å². The minimum Gasteiger partial charge on any atom is -0.449 e. The van der Waals surface area contributed by atoms with Crippen LogP contribution in [0.15, 0.2) is 47.4 Å². The number of benzene rings is 2. The van der Waals surface area contributed by atoms with Crippen molar-refractivity contribution >= 4 is 21.6 Å². The van der Waals surface area contributed by atoms with Gasteiger partial charge in [-0.25, -0.2) is 8.42 Å². The van der Waals surface area contributed by atoms with E-state index in [0.717, 1.165) is 5.56 Å². The van der Waals surface area contributed by atoms with Gasteiger partial charge in [0.05, 0.1) is 18.1 Å². The molecule has 2 aliphatic rings. The average molecular weight is 447 g/mol. The van der Waals surface area contributed by atoms with Crippen molar-refractivity contribution in [2.45, 2.75) is 37.4 Å². The van der Waals surface area contributed by atoms with Crippen LogP contribution < -0.4 is 14.8 Å². The standard InChI is InChI=1S/C22H26N2O6S/c1-22(2)29-19-9-6-17(15-20(19)30-22)23-21(25)10-5-16-3-7-18(8-4-16)31(26,27)24-11-13-28-14-12-24/h3-4,6-9,15H,5,10-14H2,1-2H3,(H,23,25). The number of anilines is 1. The summed E-state index contributed by atoms with van der Waals surface area (Å²) in [5.41, 5.74) is 1.53. The lowest BCUT2D eigenvalue weighted by molar-refractivity contribution is -0.116. The molecule has 0 saturated carbocycles. The molecule has 1 N–H and O–H groups in total. The lowest BCUT2D eigenvalue weighted by Crippen LogP contribution is -2.40. The second-order valence-electron chi connectivity index (χ2n) is 7.97. The van der Waals surface area contributed by atoms with Gasteiger partial charge in [-0.05, 0) is 36.2 Å². The number of aryl methyl sites for hydroxylation is 1. The lowest BCUT2D eigenvalue weighted by Gasteiger charge is -2.26. The van der Waals surface area contributed by atoms with E-state index in [2.05, 4.69) is 5.32 Å². The van der Waals surface area contributed by atoms with Crippen LogP contribution in [0, 0.1) is 0 Å². The van der Waals surface area contributed by atoms with Crippen molar-refractivity contribution in [2.75, 3.05) is 31.6 Å². The molecule has 0 aromatic heterocycles. The molecule has 166 valence electrons. The van der Waals surface area contributed by atoms with E-state index in [0.29, 0.717) is 49.9 Å². The van der Waals surface area contributed by atoms with E-state index >= 15 is 0 Å². The zero-order valence-corrected chi connectivity index (χ0v) is 18.4. The van der Waals surface area contributed by atoms with Crippen molar-refractivity contribution < 1.29 is 27.4 Å². The Labute approximate surface area is 182 Å². The van der Waals surface area contributed by atoms with E-state index in [9.17, 15) is 13.2 Å². The maximum Gasteiger partial charge on any atom is 0.246 e. The van der Waals surface area contributed by atoms with Gasteiger partial charge in [0.2, 0.25) is 21.7 Å². The predicted octanol–water partition coefficient (Wildman–Crippen LogP) is 2.79. The molecule has 0 atom stereocenters. The van der Waals surface area contributed by atoms with Gasteiger partial charge in [0.25, 0.3) is 0 Å². The highest BCUT2D eigenvalue weighted by atomic mass is 32.2. The number of hydrogen-bond acceptors (Lipinski definition) is 6. The summed E-state index contributed by atoms with van der Waals surface area (Å²) in [6, 6.07) is 12.0. The molecule has 1 fully saturated rings. The summed E-state index contributed by atoms with van der Waals surface area (Å²) in [6.45, 7) is 5.19. The van der Waals surface area contributed by atoms with Gasteiger partial charge in [-0.15, -0.1) is 0 Å². The number of fused-ring (bicyclic) bond motifs is 1. The number of carbonyl (C=O) groups excluding carboxylic acids is 1. The zero-order chi connectivity index (χ0) is 22.1. The third kappa shape index (κ3) is 5.00. The molecule has 0 unspecified atom stereocenters. The topological polar surface area (TPSA) is 94.2 Å². The van der Waals surface area contributed by atoms with Gasteiger partial charge in [0.1, 0.15) is 0 Å². The number of sulfonamides is 1. The number of amides is 1. The van der Waals surface area contributed by atoms with Crippen LogP contribution in [0.4, 0.5) is 5.69 Å². The van der Waals surface area contributed by atoms with Crippen molar-refractivity contribution in [3.05, 3.63) is 48.0 Å². The Bertz CT molecular complexity index is 1060. The quantitative estimate of drug-likeness (QED) is 0.733. The summed E-state index contributed by atoms with van der Waals surface area (Å²) in [5.74, 6) is 0.393. The zero-order valence-electron chi connectivity index (χ0n) is 17.6. The largest absolute Gasteiger partial charge is 0.449 e. The summed E-state index contributed by atoms with van der Waals surface area (Å²) in [4.78, 5) is 12.6. The molecule has 1 saturated heterocycles. The van der Waals surface area contributed by atoms with Crippen molar-refractivity contribution in [3.63, 3.8) is 0 Å². The highest BCUT2D eigenvalue weighted by Crippen LogP contribution is 2.40. The Morgan fingerprint density at radius 3 is 2.42 bits per heavy atom. The Hall–Kier alpha value is -2.62. The molecule has 4 rings (SSSR count). The Kier molecular flexibility index (Phi) is 5.92. The SMILES string of the molecule is CC1(C)Oc2ccc(NC(=O)CCc3ccc(S(=O)(=O)N4CCOCC4)cc3)cc2O1. The van der Waals surface area contributed by atoms with Crippen LogP contribution in [0.2, 0.25) is 0 Å². The minimum absolute atomic E-state index is 0.136. The van der Waals surface area contributed by atoms with E-state index in [4.69, 9.17) is 14.2 Å². The van der Waals surface area contributed by atoms with Crippen LogP contribution >= 0.6 is 0 Å². The molecule has 0 spiro atoms. The van der Waals surface area contributed by atoms with Crippen molar-refractivity contribution in [1.82, 2.24) is 4.31 Å². The second-order valence-corrected chi connectivity index (χ2v) is 9.91. The van der Waals surface area contributed by atoms with Gasteiger partial charge in [0.15, 0.2) is 11.5 Å². The van der Waals surface area contributed by atoms with Gasteiger partial charge in [-0.3, -0.25) is 4.79 Å². The molecule has 2 aromatic carbocycles. The second kappa shape index (κ2) is 8.49. The number of hydrogen-bond donors (Lipinski definition) is 1. The third-order valence-corrected chi connectivity index (χ3v) is 7.02. The number of nitrogens with zero attached hydrogens (tertiary/aromatic N) is 1. The molecule has 9 heteroatoms. The average Bonchev–Trinajstić information content (AvgIpc) is 3.06. The van der Waals surface area contributed by atoms with Crippen LogP contribution in [0.3, 0.4) is 0 Å². The molecule has 2 aliphatic heterocycles. The maximum absolute atomic E-state index is 12.7. The first-order chi connectivity index (χ1) is 14.7. The van der Waals surface area contributed by atoms with Gasteiger partial charge in [-0.1, -0.05) is 12.1 Å². The molecule has 0 aliphatic carbocycles. The van der Waals surface area contributed by atoms with Gasteiger partial charge in [-0.2, -0.15) is 4.31 Å². The lowest BCUT2D eigenvalue weighted by atomic mass is 10.1. The van der Waals surface area contributed by atoms with Crippen LogP contribution in [0.25, 0.3) is 0 Å². The molecule has 8 nitrogen and oxygen atoms in total. The molecular formula is C22H26N2O6S. The van der Waals surface area contributed by atoms with Crippen LogP contribution in [-0.2, 0) is 26.0 Å². The van der Waals surface area contributed by atoms with E-state index in [-0.39, 0.29) is 17.2 Å². The number of ether oxygens (including phenoxy) is 3. The van der Waals surface area contributed by atoms with Crippen molar-refractivity contribution in [2.24, 2.45) is 0 Å². The summed E-state index contributed by atoms with van der Waals surface area (Å²) >= 11 is 0. The van der Waals surface area contributed by atoms with E-state index in [1.807, 2.05) is 13.8 Å². The Morgan fingerprint density at radius 1 is 1.03 bits per heavy atom. The third-order valence-electron chi connectivity index (χ3n) is 5.11. The van der Waals surface area contributed by atoms with Crippen LogP contribution in [0.5, 0.6) is 11.5 Å². The molecule has 0 radical (unpaired) electrons. The Balaban J connectivity index is 1.32. The first-order valence-electron chi connectivity index (χ1n) is 10.2. The van der Waals surface area contributed by atoms with E-state index in [1.165, 1.54) is 4.31 Å². The molecule has 0 bridgehead atoms. The maximum atomic E-state index is 12.7. The fourth-order valence-electron chi connectivity index (χ4n) is 3.55. The molecule has 2 heterocycles. The van der Waals surface area contributed by atoms with Crippen LogP contribution in [0.1, 0.15) is 25.8 Å². The fraction of sp³-hybridized carbons (Fsp3) is 0.409. The summed E-state index contributed by atoms with van der Waals surface area (Å²) < 4.78 is 43.3. The number of morpholine rings is 1. The van der Waals surface area contributed by atoms with Gasteiger partial charge >= 0.3 is 0 Å².